The number of hydrogen-bond donors (Lipinski definition) is 1. The lowest BCUT2D eigenvalue weighted by molar-refractivity contribution is 0.0877. The van der Waals surface area contributed by atoms with E-state index in [4.69, 9.17) is 4.74 Å². The van der Waals surface area contributed by atoms with Crippen LogP contribution in [0.25, 0.3) is 0 Å². The molecule has 2 unspecified atom stereocenters. The van der Waals surface area contributed by atoms with Crippen LogP contribution in [0.3, 0.4) is 0 Å². The van der Waals surface area contributed by atoms with Crippen LogP contribution >= 0.6 is 0 Å². The van der Waals surface area contributed by atoms with Crippen molar-refractivity contribution in [1.29, 1.82) is 0 Å². The molecule has 1 heterocycles. The van der Waals surface area contributed by atoms with Crippen LogP contribution in [-0.4, -0.2) is 25.3 Å². The number of allylic oxidation sites excluding steroid dienone is 1. The zero-order chi connectivity index (χ0) is 11.9. The van der Waals surface area contributed by atoms with Crippen molar-refractivity contribution in [3.63, 3.8) is 0 Å². The monoisotopic (exact) mass is 237 g/mol. The van der Waals surface area contributed by atoms with Gasteiger partial charge in [0.15, 0.2) is 0 Å². The van der Waals surface area contributed by atoms with Crippen molar-refractivity contribution in [3.05, 3.63) is 11.6 Å². The summed E-state index contributed by atoms with van der Waals surface area (Å²) >= 11 is 0. The van der Waals surface area contributed by atoms with E-state index < -0.39 is 0 Å². The summed E-state index contributed by atoms with van der Waals surface area (Å²) in [5, 5.41) is 3.65. The maximum absolute atomic E-state index is 5.89. The Hall–Kier alpha value is -0.340. The van der Waals surface area contributed by atoms with E-state index in [9.17, 15) is 0 Å². The van der Waals surface area contributed by atoms with E-state index in [1.807, 2.05) is 0 Å². The molecular weight excluding hydrogens is 210 g/mol. The van der Waals surface area contributed by atoms with E-state index in [-0.39, 0.29) is 0 Å². The largest absolute Gasteiger partial charge is 0.376 e. The second-order valence-corrected chi connectivity index (χ2v) is 5.32. The molecule has 0 bridgehead atoms. The molecule has 0 spiro atoms. The second-order valence-electron chi connectivity index (χ2n) is 5.32. The molecule has 17 heavy (non-hydrogen) atoms. The molecule has 0 saturated carbocycles. The van der Waals surface area contributed by atoms with Crippen molar-refractivity contribution in [2.75, 3.05) is 13.2 Å². The lowest BCUT2D eigenvalue weighted by atomic mass is 9.91. The Bertz CT molecular complexity index is 243. The van der Waals surface area contributed by atoms with E-state index in [0.29, 0.717) is 12.1 Å². The first-order valence-electron chi connectivity index (χ1n) is 7.45. The van der Waals surface area contributed by atoms with Crippen molar-refractivity contribution in [1.82, 2.24) is 5.32 Å². The Labute approximate surface area is 106 Å². The summed E-state index contributed by atoms with van der Waals surface area (Å²) in [6, 6.07) is 0.487. The first-order valence-corrected chi connectivity index (χ1v) is 7.45. The van der Waals surface area contributed by atoms with Crippen LogP contribution in [-0.2, 0) is 4.74 Å². The highest BCUT2D eigenvalue weighted by atomic mass is 16.5. The van der Waals surface area contributed by atoms with Crippen molar-refractivity contribution >= 4 is 0 Å². The minimum absolute atomic E-state index is 0.431. The number of ether oxygens (including phenoxy) is 1. The topological polar surface area (TPSA) is 21.3 Å². The van der Waals surface area contributed by atoms with Crippen LogP contribution in [0.2, 0.25) is 0 Å². The van der Waals surface area contributed by atoms with E-state index in [1.54, 1.807) is 5.57 Å². The molecule has 0 aromatic rings. The summed E-state index contributed by atoms with van der Waals surface area (Å²) in [4.78, 5) is 0. The van der Waals surface area contributed by atoms with Gasteiger partial charge in [0.25, 0.3) is 0 Å². The summed E-state index contributed by atoms with van der Waals surface area (Å²) in [6.45, 7) is 4.20. The minimum Gasteiger partial charge on any atom is -0.376 e. The molecule has 0 aromatic heterocycles. The van der Waals surface area contributed by atoms with Crippen LogP contribution in [0.1, 0.15) is 58.3 Å². The van der Waals surface area contributed by atoms with Crippen LogP contribution in [0.4, 0.5) is 0 Å². The van der Waals surface area contributed by atoms with Crippen molar-refractivity contribution in [3.8, 4) is 0 Å². The predicted molar refractivity (Wildman–Crippen MR) is 72.2 cm³/mol. The number of nitrogens with one attached hydrogen (secondary N) is 1. The highest BCUT2D eigenvalue weighted by Gasteiger charge is 2.27. The van der Waals surface area contributed by atoms with Gasteiger partial charge in [-0.05, 0) is 45.1 Å². The van der Waals surface area contributed by atoms with Gasteiger partial charge in [0.2, 0.25) is 0 Å². The molecule has 1 N–H and O–H groups in total. The third-order valence-electron chi connectivity index (χ3n) is 3.99. The van der Waals surface area contributed by atoms with Gasteiger partial charge in [-0.15, -0.1) is 0 Å². The molecule has 98 valence electrons. The average molecular weight is 237 g/mol. The fourth-order valence-electron chi connectivity index (χ4n) is 3.09. The van der Waals surface area contributed by atoms with Crippen LogP contribution in [0.15, 0.2) is 11.6 Å². The van der Waals surface area contributed by atoms with Gasteiger partial charge in [0.05, 0.1) is 12.1 Å². The molecule has 1 fully saturated rings. The van der Waals surface area contributed by atoms with E-state index in [1.165, 1.54) is 51.4 Å². The summed E-state index contributed by atoms with van der Waals surface area (Å²) in [5.41, 5.74) is 1.62. The van der Waals surface area contributed by atoms with Gasteiger partial charge in [-0.3, -0.25) is 0 Å². The number of likely N-dealkylation sites (N-methyl/N-ethyl adjacent to an activating group) is 1. The molecule has 2 heteroatoms. The summed E-state index contributed by atoms with van der Waals surface area (Å²) in [7, 11) is 0. The predicted octanol–water partition coefficient (Wildman–Crippen LogP) is 3.42. The normalized spacial score (nSPS) is 28.3. The Morgan fingerprint density at radius 3 is 2.94 bits per heavy atom. The zero-order valence-electron chi connectivity index (χ0n) is 11.2. The van der Waals surface area contributed by atoms with Gasteiger partial charge >= 0.3 is 0 Å². The van der Waals surface area contributed by atoms with E-state index in [0.717, 1.165) is 13.2 Å². The second kappa shape index (κ2) is 7.17. The Morgan fingerprint density at radius 2 is 2.18 bits per heavy atom. The number of hydrogen-bond acceptors (Lipinski definition) is 2. The maximum atomic E-state index is 5.89. The van der Waals surface area contributed by atoms with Crippen molar-refractivity contribution in [2.45, 2.75) is 70.4 Å². The third kappa shape index (κ3) is 3.82. The average Bonchev–Trinajstić information content (AvgIpc) is 2.79. The van der Waals surface area contributed by atoms with Crippen molar-refractivity contribution in [2.24, 2.45) is 0 Å². The summed E-state index contributed by atoms with van der Waals surface area (Å²) in [6.07, 6.45) is 13.5. The molecule has 1 aliphatic carbocycles. The summed E-state index contributed by atoms with van der Waals surface area (Å²) < 4.78 is 5.89. The molecule has 1 aliphatic heterocycles. The molecule has 2 atom stereocenters. The zero-order valence-corrected chi connectivity index (χ0v) is 11.2. The van der Waals surface area contributed by atoms with Crippen LogP contribution < -0.4 is 5.32 Å². The maximum Gasteiger partial charge on any atom is 0.0767 e. The van der Waals surface area contributed by atoms with Crippen LogP contribution in [0.5, 0.6) is 0 Å². The van der Waals surface area contributed by atoms with Gasteiger partial charge in [-0.1, -0.05) is 31.4 Å². The highest BCUT2D eigenvalue weighted by Crippen LogP contribution is 2.26. The minimum atomic E-state index is 0.431. The molecule has 1 saturated heterocycles. The van der Waals surface area contributed by atoms with Gasteiger partial charge in [0.1, 0.15) is 0 Å². The Balaban J connectivity index is 2.01. The van der Waals surface area contributed by atoms with Gasteiger partial charge < -0.3 is 10.1 Å². The number of rotatable bonds is 4. The fourth-order valence-corrected chi connectivity index (χ4v) is 3.09. The molecule has 2 rings (SSSR count). The van der Waals surface area contributed by atoms with Gasteiger partial charge in [-0.25, -0.2) is 0 Å². The summed E-state index contributed by atoms with van der Waals surface area (Å²) in [5.74, 6) is 0. The molecule has 2 nitrogen and oxygen atoms in total. The molecule has 0 amide bonds. The lowest BCUT2D eigenvalue weighted by Gasteiger charge is -2.27. The Kier molecular flexibility index (Phi) is 5.53. The lowest BCUT2D eigenvalue weighted by Crippen LogP contribution is -2.41. The first-order chi connectivity index (χ1) is 8.42. The molecule has 0 radical (unpaired) electrons. The third-order valence-corrected chi connectivity index (χ3v) is 3.99. The first kappa shape index (κ1) is 13.1. The SMILES string of the molecule is CCNC(C1=CCCCCCC1)C1CCCO1. The smallest absolute Gasteiger partial charge is 0.0767 e. The quantitative estimate of drug-likeness (QED) is 0.756. The van der Waals surface area contributed by atoms with E-state index in [2.05, 4.69) is 18.3 Å². The molecular formula is C15H27NO. The standard InChI is InChI=1S/C15H27NO/c1-2-16-15(14-11-8-12-17-14)13-9-6-4-3-5-7-10-13/h9,14-16H,2-8,10-12H2,1H3. The highest BCUT2D eigenvalue weighted by molar-refractivity contribution is 5.14. The van der Waals surface area contributed by atoms with Crippen molar-refractivity contribution < 1.29 is 4.74 Å². The fraction of sp³-hybridized carbons (Fsp3) is 0.867. The van der Waals surface area contributed by atoms with Gasteiger partial charge in [0, 0.05) is 6.61 Å². The molecule has 0 aromatic carbocycles. The molecule has 2 aliphatic rings. The van der Waals surface area contributed by atoms with Gasteiger partial charge in [-0.2, -0.15) is 0 Å². The van der Waals surface area contributed by atoms with Crippen LogP contribution in [0, 0.1) is 0 Å². The van der Waals surface area contributed by atoms with E-state index >= 15 is 0 Å². The Morgan fingerprint density at radius 1 is 1.29 bits per heavy atom.